The molecule has 0 aliphatic heterocycles. The van der Waals surface area contributed by atoms with E-state index in [1.54, 1.807) is 24.2 Å². The van der Waals surface area contributed by atoms with Gasteiger partial charge in [-0.3, -0.25) is 4.98 Å². The summed E-state index contributed by atoms with van der Waals surface area (Å²) >= 11 is 1.60. The van der Waals surface area contributed by atoms with Crippen molar-refractivity contribution in [3.05, 3.63) is 48.4 Å². The van der Waals surface area contributed by atoms with Crippen LogP contribution in [0.15, 0.2) is 47.8 Å². The molecule has 2 rings (SSSR count). The predicted molar refractivity (Wildman–Crippen MR) is 62.4 cm³/mol. The molecule has 0 aliphatic carbocycles. The second-order valence-corrected chi connectivity index (χ2v) is 3.97. The summed E-state index contributed by atoms with van der Waals surface area (Å²) in [5, 5.41) is 0.864. The van der Waals surface area contributed by atoms with E-state index >= 15 is 0 Å². The highest BCUT2D eigenvalue weighted by atomic mass is 32.2. The SMILES string of the molecule is Nc1cccnc1SCc1ccccn1. The summed E-state index contributed by atoms with van der Waals surface area (Å²) in [4.78, 5) is 8.44. The lowest BCUT2D eigenvalue weighted by atomic mass is 10.4. The molecule has 0 saturated carbocycles. The van der Waals surface area contributed by atoms with Crippen LogP contribution in [0.2, 0.25) is 0 Å². The predicted octanol–water partition coefficient (Wildman–Crippen LogP) is 2.35. The number of nitrogens with two attached hydrogens (primary N) is 1. The first-order chi connectivity index (χ1) is 7.36. The number of thioether (sulfide) groups is 1. The molecule has 15 heavy (non-hydrogen) atoms. The molecule has 4 heteroatoms. The highest BCUT2D eigenvalue weighted by Gasteiger charge is 2.01. The number of anilines is 1. The fourth-order valence-corrected chi connectivity index (χ4v) is 1.98. The largest absolute Gasteiger partial charge is 0.397 e. The minimum absolute atomic E-state index is 0.721. The molecule has 0 aliphatic rings. The molecule has 0 fully saturated rings. The first-order valence-corrected chi connectivity index (χ1v) is 5.58. The van der Waals surface area contributed by atoms with Crippen molar-refractivity contribution in [1.82, 2.24) is 9.97 Å². The molecule has 2 heterocycles. The molecular formula is C11H11N3S. The Hall–Kier alpha value is -1.55. The lowest BCUT2D eigenvalue weighted by molar-refractivity contribution is 1.12. The number of nitrogens with zero attached hydrogens (tertiary/aromatic N) is 2. The highest BCUT2D eigenvalue weighted by Crippen LogP contribution is 2.24. The van der Waals surface area contributed by atoms with Gasteiger partial charge in [0, 0.05) is 18.1 Å². The van der Waals surface area contributed by atoms with E-state index in [1.165, 1.54) is 0 Å². The molecule has 2 aromatic rings. The Labute approximate surface area is 92.8 Å². The molecule has 0 bridgehead atoms. The van der Waals surface area contributed by atoms with Gasteiger partial charge in [0.05, 0.1) is 11.4 Å². The second kappa shape index (κ2) is 4.79. The van der Waals surface area contributed by atoms with Gasteiger partial charge in [-0.2, -0.15) is 0 Å². The minimum atomic E-state index is 0.721. The molecule has 0 aromatic carbocycles. The second-order valence-electron chi connectivity index (χ2n) is 3.01. The zero-order valence-electron chi connectivity index (χ0n) is 8.13. The fraction of sp³-hybridized carbons (Fsp3) is 0.0909. The Bertz CT molecular complexity index is 431. The van der Waals surface area contributed by atoms with E-state index < -0.39 is 0 Å². The van der Waals surface area contributed by atoms with Crippen molar-refractivity contribution in [2.75, 3.05) is 5.73 Å². The summed E-state index contributed by atoms with van der Waals surface area (Å²) in [6.07, 6.45) is 3.54. The zero-order valence-corrected chi connectivity index (χ0v) is 8.95. The average molecular weight is 217 g/mol. The van der Waals surface area contributed by atoms with E-state index in [2.05, 4.69) is 9.97 Å². The van der Waals surface area contributed by atoms with Crippen LogP contribution in [-0.4, -0.2) is 9.97 Å². The van der Waals surface area contributed by atoms with Crippen molar-refractivity contribution in [3.63, 3.8) is 0 Å². The third-order valence-electron chi connectivity index (χ3n) is 1.88. The van der Waals surface area contributed by atoms with E-state index in [0.29, 0.717) is 0 Å². The summed E-state index contributed by atoms with van der Waals surface area (Å²) < 4.78 is 0. The normalized spacial score (nSPS) is 10.1. The molecule has 3 nitrogen and oxygen atoms in total. The maximum absolute atomic E-state index is 5.78. The van der Waals surface area contributed by atoms with Crippen molar-refractivity contribution in [1.29, 1.82) is 0 Å². The van der Waals surface area contributed by atoms with Gasteiger partial charge in [0.25, 0.3) is 0 Å². The maximum Gasteiger partial charge on any atom is 0.119 e. The Morgan fingerprint density at radius 3 is 2.67 bits per heavy atom. The molecule has 0 spiro atoms. The van der Waals surface area contributed by atoms with Crippen LogP contribution in [0, 0.1) is 0 Å². The number of aromatic nitrogens is 2. The number of rotatable bonds is 3. The molecule has 0 atom stereocenters. The Morgan fingerprint density at radius 1 is 1.07 bits per heavy atom. The summed E-state index contributed by atoms with van der Waals surface area (Å²) in [6.45, 7) is 0. The van der Waals surface area contributed by atoms with Crippen molar-refractivity contribution in [2.45, 2.75) is 10.8 Å². The summed E-state index contributed by atoms with van der Waals surface area (Å²) in [6, 6.07) is 9.56. The van der Waals surface area contributed by atoms with Crippen LogP contribution in [0.3, 0.4) is 0 Å². The molecule has 0 radical (unpaired) electrons. The number of nitrogen functional groups attached to an aromatic ring is 1. The van der Waals surface area contributed by atoms with Crippen LogP contribution >= 0.6 is 11.8 Å². The lowest BCUT2D eigenvalue weighted by Crippen LogP contribution is -1.92. The van der Waals surface area contributed by atoms with E-state index in [0.717, 1.165) is 22.2 Å². The smallest absolute Gasteiger partial charge is 0.119 e. The van der Waals surface area contributed by atoms with Crippen molar-refractivity contribution < 1.29 is 0 Å². The van der Waals surface area contributed by atoms with Gasteiger partial charge < -0.3 is 5.73 Å². The standard InChI is InChI=1S/C11H11N3S/c12-10-5-3-7-14-11(10)15-8-9-4-1-2-6-13-9/h1-7H,8,12H2. The zero-order chi connectivity index (χ0) is 10.5. The molecule has 0 saturated heterocycles. The van der Waals surface area contributed by atoms with Gasteiger partial charge in [0.1, 0.15) is 5.03 Å². The molecule has 2 N–H and O–H groups in total. The van der Waals surface area contributed by atoms with E-state index in [9.17, 15) is 0 Å². The molecular weight excluding hydrogens is 206 g/mol. The summed E-state index contributed by atoms with van der Waals surface area (Å²) in [5.41, 5.74) is 7.54. The fourth-order valence-electron chi connectivity index (χ4n) is 1.15. The molecule has 76 valence electrons. The van der Waals surface area contributed by atoms with E-state index in [4.69, 9.17) is 5.73 Å². The van der Waals surface area contributed by atoms with Crippen LogP contribution in [0.25, 0.3) is 0 Å². The van der Waals surface area contributed by atoms with Crippen LogP contribution < -0.4 is 5.73 Å². The van der Waals surface area contributed by atoms with Gasteiger partial charge in [-0.25, -0.2) is 4.98 Å². The van der Waals surface area contributed by atoms with Gasteiger partial charge >= 0.3 is 0 Å². The Balaban J connectivity index is 2.03. The third-order valence-corrected chi connectivity index (χ3v) is 2.94. The van der Waals surface area contributed by atoms with Crippen LogP contribution in [0.1, 0.15) is 5.69 Å². The van der Waals surface area contributed by atoms with E-state index in [-0.39, 0.29) is 0 Å². The number of hydrogen-bond acceptors (Lipinski definition) is 4. The van der Waals surface area contributed by atoms with Crippen LogP contribution in [0.5, 0.6) is 0 Å². The van der Waals surface area contributed by atoms with Crippen molar-refractivity contribution in [3.8, 4) is 0 Å². The molecule has 0 unspecified atom stereocenters. The molecule has 2 aromatic heterocycles. The van der Waals surface area contributed by atoms with Crippen molar-refractivity contribution in [2.24, 2.45) is 0 Å². The maximum atomic E-state index is 5.78. The van der Waals surface area contributed by atoms with Crippen LogP contribution in [-0.2, 0) is 5.75 Å². The first kappa shape index (κ1) is 9.98. The van der Waals surface area contributed by atoms with Gasteiger partial charge in [0.2, 0.25) is 0 Å². The van der Waals surface area contributed by atoms with Gasteiger partial charge in [-0.1, -0.05) is 17.8 Å². The van der Waals surface area contributed by atoms with Gasteiger partial charge in [-0.05, 0) is 24.3 Å². The van der Waals surface area contributed by atoms with E-state index in [1.807, 2.05) is 30.3 Å². The minimum Gasteiger partial charge on any atom is -0.397 e. The van der Waals surface area contributed by atoms with Crippen molar-refractivity contribution >= 4 is 17.4 Å². The highest BCUT2D eigenvalue weighted by molar-refractivity contribution is 7.98. The van der Waals surface area contributed by atoms with Gasteiger partial charge in [0.15, 0.2) is 0 Å². The number of pyridine rings is 2. The van der Waals surface area contributed by atoms with Gasteiger partial charge in [-0.15, -0.1) is 0 Å². The third kappa shape index (κ3) is 2.70. The topological polar surface area (TPSA) is 51.8 Å². The monoisotopic (exact) mass is 217 g/mol. The lowest BCUT2D eigenvalue weighted by Gasteiger charge is -2.02. The average Bonchev–Trinajstić information content (AvgIpc) is 2.29. The molecule has 0 amide bonds. The first-order valence-electron chi connectivity index (χ1n) is 4.59. The number of hydrogen-bond donors (Lipinski definition) is 1. The Morgan fingerprint density at radius 2 is 1.93 bits per heavy atom. The quantitative estimate of drug-likeness (QED) is 0.802. The summed E-state index contributed by atoms with van der Waals surface area (Å²) in [7, 11) is 0. The van der Waals surface area contributed by atoms with Crippen LogP contribution in [0.4, 0.5) is 5.69 Å². The summed E-state index contributed by atoms with van der Waals surface area (Å²) in [5.74, 6) is 0.794. The Kier molecular flexibility index (Phi) is 3.19.